The topological polar surface area (TPSA) is 20.2 Å². The highest BCUT2D eigenvalue weighted by atomic mass is 32.2. The third-order valence-electron chi connectivity index (χ3n) is 3.02. The Morgan fingerprint density at radius 2 is 2.20 bits per heavy atom. The van der Waals surface area contributed by atoms with Gasteiger partial charge >= 0.3 is 0 Å². The van der Waals surface area contributed by atoms with E-state index in [-0.39, 0.29) is 17.2 Å². The van der Waals surface area contributed by atoms with Crippen LogP contribution in [0.4, 0.5) is 4.39 Å². The molecule has 0 aliphatic heterocycles. The van der Waals surface area contributed by atoms with Crippen LogP contribution in [-0.2, 0) is 0 Å². The predicted molar refractivity (Wildman–Crippen MR) is 60.7 cm³/mol. The highest BCUT2D eigenvalue weighted by Gasteiger charge is 2.37. The molecule has 2 rings (SSSR count). The summed E-state index contributed by atoms with van der Waals surface area (Å²) >= 11 is 1.68. The van der Waals surface area contributed by atoms with Crippen molar-refractivity contribution in [1.82, 2.24) is 0 Å². The van der Waals surface area contributed by atoms with Crippen LogP contribution >= 0.6 is 11.8 Å². The Bertz CT molecular complexity index is 355. The summed E-state index contributed by atoms with van der Waals surface area (Å²) in [5.41, 5.74) is 0.674. The van der Waals surface area contributed by atoms with Crippen LogP contribution in [0.15, 0.2) is 23.1 Å². The van der Waals surface area contributed by atoms with Gasteiger partial charge in [-0.15, -0.1) is 11.8 Å². The van der Waals surface area contributed by atoms with Crippen molar-refractivity contribution in [3.63, 3.8) is 0 Å². The minimum absolute atomic E-state index is 0.00424. The molecule has 82 valence electrons. The van der Waals surface area contributed by atoms with Gasteiger partial charge in [0.25, 0.3) is 0 Å². The first-order valence-corrected chi connectivity index (χ1v) is 6.03. The molecule has 0 spiro atoms. The standard InChI is InChI=1S/C12H15FOS/c1-9-7-10(3-4-11(9)13)15-12(8-14)5-2-6-12/h3-4,7,14H,2,5-6,8H2,1H3. The van der Waals surface area contributed by atoms with Crippen LogP contribution in [0, 0.1) is 12.7 Å². The van der Waals surface area contributed by atoms with Gasteiger partial charge in [-0.1, -0.05) is 6.42 Å². The van der Waals surface area contributed by atoms with Crippen molar-refractivity contribution in [3.05, 3.63) is 29.6 Å². The number of hydrogen-bond donors (Lipinski definition) is 1. The van der Waals surface area contributed by atoms with E-state index >= 15 is 0 Å². The zero-order valence-corrected chi connectivity index (χ0v) is 9.61. The quantitative estimate of drug-likeness (QED) is 0.854. The second kappa shape index (κ2) is 4.14. The van der Waals surface area contributed by atoms with Gasteiger partial charge in [0.15, 0.2) is 0 Å². The molecule has 1 nitrogen and oxygen atoms in total. The summed E-state index contributed by atoms with van der Waals surface area (Å²) in [6, 6.07) is 5.15. The molecule has 3 heteroatoms. The lowest BCUT2D eigenvalue weighted by atomic mass is 9.85. The van der Waals surface area contributed by atoms with Gasteiger partial charge < -0.3 is 5.11 Å². The highest BCUT2D eigenvalue weighted by Crippen LogP contribution is 2.47. The fourth-order valence-electron chi connectivity index (χ4n) is 1.79. The van der Waals surface area contributed by atoms with Crippen molar-refractivity contribution in [2.24, 2.45) is 0 Å². The maximum atomic E-state index is 13.1. The third kappa shape index (κ3) is 2.18. The molecule has 1 aromatic rings. The Balaban J connectivity index is 2.13. The van der Waals surface area contributed by atoms with Crippen LogP contribution in [-0.4, -0.2) is 16.5 Å². The maximum Gasteiger partial charge on any atom is 0.126 e. The van der Waals surface area contributed by atoms with Gasteiger partial charge in [-0.25, -0.2) is 4.39 Å². The summed E-state index contributed by atoms with van der Waals surface area (Å²) in [4.78, 5) is 1.06. The van der Waals surface area contributed by atoms with E-state index in [0.717, 1.165) is 17.7 Å². The summed E-state index contributed by atoms with van der Waals surface area (Å²) in [5.74, 6) is -0.161. The molecule has 1 N–H and O–H groups in total. The summed E-state index contributed by atoms with van der Waals surface area (Å²) < 4.78 is 13.1. The van der Waals surface area contributed by atoms with Crippen LogP contribution in [0.2, 0.25) is 0 Å². The molecule has 0 saturated heterocycles. The second-order valence-electron chi connectivity index (χ2n) is 4.21. The van der Waals surface area contributed by atoms with Crippen molar-refractivity contribution >= 4 is 11.8 Å². The van der Waals surface area contributed by atoms with E-state index in [4.69, 9.17) is 0 Å². The second-order valence-corrected chi connectivity index (χ2v) is 5.75. The average Bonchev–Trinajstić information content (AvgIpc) is 2.17. The van der Waals surface area contributed by atoms with Gasteiger partial charge in [0.2, 0.25) is 0 Å². The molecule has 1 fully saturated rings. The average molecular weight is 226 g/mol. The molecule has 0 atom stereocenters. The van der Waals surface area contributed by atoms with E-state index in [1.807, 2.05) is 6.07 Å². The van der Waals surface area contributed by atoms with Crippen molar-refractivity contribution in [2.75, 3.05) is 6.61 Å². The van der Waals surface area contributed by atoms with Crippen LogP contribution in [0.3, 0.4) is 0 Å². The lowest BCUT2D eigenvalue weighted by molar-refractivity contribution is 0.191. The van der Waals surface area contributed by atoms with Gasteiger partial charge in [0, 0.05) is 9.64 Å². The van der Waals surface area contributed by atoms with Crippen molar-refractivity contribution in [2.45, 2.75) is 35.8 Å². The Labute approximate surface area is 93.7 Å². The number of rotatable bonds is 3. The number of aliphatic hydroxyl groups is 1. The molecule has 1 saturated carbocycles. The van der Waals surface area contributed by atoms with Crippen molar-refractivity contribution < 1.29 is 9.50 Å². The molecule has 1 aliphatic rings. The molecule has 0 aromatic heterocycles. The normalized spacial score (nSPS) is 18.6. The van der Waals surface area contributed by atoms with Gasteiger partial charge in [-0.2, -0.15) is 0 Å². The molecular formula is C12H15FOS. The van der Waals surface area contributed by atoms with E-state index in [2.05, 4.69) is 0 Å². The SMILES string of the molecule is Cc1cc(SC2(CO)CCC2)ccc1F. The van der Waals surface area contributed by atoms with E-state index in [0.29, 0.717) is 5.56 Å². The van der Waals surface area contributed by atoms with Gasteiger partial charge in [0.1, 0.15) is 5.82 Å². The number of thioether (sulfide) groups is 1. The predicted octanol–water partition coefficient (Wildman–Crippen LogP) is 3.14. The molecule has 1 aromatic carbocycles. The van der Waals surface area contributed by atoms with Gasteiger partial charge in [-0.3, -0.25) is 0 Å². The minimum Gasteiger partial charge on any atom is -0.395 e. The van der Waals surface area contributed by atoms with Crippen LogP contribution in [0.25, 0.3) is 0 Å². The van der Waals surface area contributed by atoms with Crippen LogP contribution in [0.5, 0.6) is 0 Å². The summed E-state index contributed by atoms with van der Waals surface area (Å²) in [7, 11) is 0. The zero-order valence-electron chi connectivity index (χ0n) is 8.79. The Kier molecular flexibility index (Phi) is 3.03. The smallest absolute Gasteiger partial charge is 0.126 e. The number of hydrogen-bond acceptors (Lipinski definition) is 2. The van der Waals surface area contributed by atoms with Crippen LogP contribution < -0.4 is 0 Å². The first-order valence-electron chi connectivity index (χ1n) is 5.21. The van der Waals surface area contributed by atoms with Gasteiger partial charge in [-0.05, 0) is 43.5 Å². The van der Waals surface area contributed by atoms with Crippen LogP contribution in [0.1, 0.15) is 24.8 Å². The molecular weight excluding hydrogens is 211 g/mol. The van der Waals surface area contributed by atoms with Crippen molar-refractivity contribution in [1.29, 1.82) is 0 Å². The summed E-state index contributed by atoms with van der Waals surface area (Å²) in [6.07, 6.45) is 3.31. The maximum absolute atomic E-state index is 13.1. The molecule has 15 heavy (non-hydrogen) atoms. The molecule has 0 unspecified atom stereocenters. The number of halogens is 1. The monoisotopic (exact) mass is 226 g/mol. The number of aliphatic hydroxyl groups excluding tert-OH is 1. The molecule has 0 radical (unpaired) electrons. The molecule has 0 amide bonds. The fraction of sp³-hybridized carbons (Fsp3) is 0.500. The Hall–Kier alpha value is -0.540. The largest absolute Gasteiger partial charge is 0.395 e. The minimum atomic E-state index is -0.161. The highest BCUT2D eigenvalue weighted by molar-refractivity contribution is 8.00. The van der Waals surface area contributed by atoms with E-state index < -0.39 is 0 Å². The fourth-order valence-corrected chi connectivity index (χ4v) is 3.22. The molecule has 0 bridgehead atoms. The van der Waals surface area contributed by atoms with E-state index in [1.54, 1.807) is 24.8 Å². The molecule has 0 heterocycles. The lowest BCUT2D eigenvalue weighted by Gasteiger charge is -2.39. The first-order chi connectivity index (χ1) is 7.15. The number of benzene rings is 1. The third-order valence-corrected chi connectivity index (χ3v) is 4.48. The summed E-state index contributed by atoms with van der Waals surface area (Å²) in [6.45, 7) is 1.99. The van der Waals surface area contributed by atoms with Gasteiger partial charge in [0.05, 0.1) is 6.61 Å². The number of aryl methyl sites for hydroxylation is 1. The molecule has 1 aliphatic carbocycles. The first kappa shape index (κ1) is 11.0. The Morgan fingerprint density at radius 1 is 1.47 bits per heavy atom. The van der Waals surface area contributed by atoms with E-state index in [9.17, 15) is 9.50 Å². The lowest BCUT2D eigenvalue weighted by Crippen LogP contribution is -2.37. The van der Waals surface area contributed by atoms with E-state index in [1.165, 1.54) is 12.5 Å². The zero-order chi connectivity index (χ0) is 10.9. The summed E-state index contributed by atoms with van der Waals surface area (Å²) in [5, 5.41) is 9.33. The van der Waals surface area contributed by atoms with Crippen molar-refractivity contribution in [3.8, 4) is 0 Å². The Morgan fingerprint density at radius 3 is 2.67 bits per heavy atom.